The molecule has 0 radical (unpaired) electrons. The Morgan fingerprint density at radius 1 is 1.30 bits per heavy atom. The van der Waals surface area contributed by atoms with E-state index in [1.165, 1.54) is 5.56 Å². The third kappa shape index (κ3) is 2.93. The van der Waals surface area contributed by atoms with E-state index in [1.807, 2.05) is 38.2 Å². The Labute approximate surface area is 124 Å². The lowest BCUT2D eigenvalue weighted by Crippen LogP contribution is -2.08. The maximum atomic E-state index is 12.3. The molecule has 0 aliphatic heterocycles. The number of hydrogen-bond donors (Lipinski definition) is 0. The first-order valence-corrected chi connectivity index (χ1v) is 7.09. The van der Waals surface area contributed by atoms with Crippen molar-refractivity contribution >= 4 is 17.4 Å². The van der Waals surface area contributed by atoms with Gasteiger partial charge in [-0.25, -0.2) is 0 Å². The van der Waals surface area contributed by atoms with E-state index >= 15 is 0 Å². The van der Waals surface area contributed by atoms with Crippen molar-refractivity contribution in [2.24, 2.45) is 7.05 Å². The summed E-state index contributed by atoms with van der Waals surface area (Å²) in [7, 11) is 1.81. The second-order valence-corrected chi connectivity index (χ2v) is 5.72. The van der Waals surface area contributed by atoms with Crippen LogP contribution in [0.15, 0.2) is 24.3 Å². The first kappa shape index (κ1) is 14.8. The van der Waals surface area contributed by atoms with Crippen LogP contribution >= 0.6 is 11.6 Å². The fourth-order valence-corrected chi connectivity index (χ4v) is 2.41. The second kappa shape index (κ2) is 5.80. The maximum Gasteiger partial charge on any atom is 0.168 e. The third-order valence-electron chi connectivity index (χ3n) is 3.49. The van der Waals surface area contributed by atoms with Gasteiger partial charge in [0.2, 0.25) is 0 Å². The summed E-state index contributed by atoms with van der Waals surface area (Å²) in [6, 6.07) is 7.78. The summed E-state index contributed by atoms with van der Waals surface area (Å²) in [5.41, 5.74) is 3.47. The molecule has 4 heteroatoms. The molecule has 106 valence electrons. The van der Waals surface area contributed by atoms with E-state index in [0.29, 0.717) is 16.5 Å². The minimum atomic E-state index is 0.0604. The molecule has 0 saturated heterocycles. The Hall–Kier alpha value is -1.61. The van der Waals surface area contributed by atoms with E-state index in [9.17, 15) is 4.79 Å². The number of Topliss-reactive ketones (excluding diaryl/α,β-unsaturated/α-hetero) is 1. The summed E-state index contributed by atoms with van der Waals surface area (Å²) in [6.07, 6.45) is 0.275. The van der Waals surface area contributed by atoms with Gasteiger partial charge >= 0.3 is 0 Å². The zero-order valence-corrected chi connectivity index (χ0v) is 13.0. The Bertz CT molecular complexity index is 627. The molecule has 1 heterocycles. The highest BCUT2D eigenvalue weighted by Gasteiger charge is 2.16. The van der Waals surface area contributed by atoms with Gasteiger partial charge in [0.15, 0.2) is 5.78 Å². The molecule has 0 spiro atoms. The van der Waals surface area contributed by atoms with Crippen LogP contribution in [0.2, 0.25) is 5.02 Å². The summed E-state index contributed by atoms with van der Waals surface area (Å²) < 4.78 is 1.68. The Kier molecular flexibility index (Phi) is 4.29. The number of aryl methyl sites for hydroxylation is 2. The van der Waals surface area contributed by atoms with Gasteiger partial charge in [0.1, 0.15) is 0 Å². The molecule has 0 saturated carbocycles. The van der Waals surface area contributed by atoms with E-state index in [0.717, 1.165) is 11.4 Å². The number of carbonyl (C=O) groups is 1. The van der Waals surface area contributed by atoms with Crippen LogP contribution in [-0.2, 0) is 13.5 Å². The Morgan fingerprint density at radius 3 is 2.35 bits per heavy atom. The maximum absolute atomic E-state index is 12.3. The molecule has 0 bridgehead atoms. The number of carbonyl (C=O) groups excluding carboxylic acids is 1. The minimum Gasteiger partial charge on any atom is -0.294 e. The monoisotopic (exact) mass is 290 g/mol. The Balaban J connectivity index is 2.20. The zero-order valence-electron chi connectivity index (χ0n) is 12.3. The van der Waals surface area contributed by atoms with Gasteiger partial charge in [0.25, 0.3) is 0 Å². The fraction of sp³-hybridized carbons (Fsp3) is 0.375. The number of nitrogens with zero attached hydrogens (tertiary/aromatic N) is 2. The number of aromatic nitrogens is 2. The van der Waals surface area contributed by atoms with Crippen molar-refractivity contribution in [2.75, 3.05) is 0 Å². The number of rotatable bonds is 4. The van der Waals surface area contributed by atoms with E-state index in [2.05, 4.69) is 18.9 Å². The lowest BCUT2D eigenvalue weighted by Gasteiger charge is -2.07. The molecule has 2 aromatic rings. The first-order valence-electron chi connectivity index (χ1n) is 6.71. The number of hydrogen-bond acceptors (Lipinski definition) is 2. The van der Waals surface area contributed by atoms with Gasteiger partial charge in [0, 0.05) is 12.6 Å². The summed E-state index contributed by atoms with van der Waals surface area (Å²) in [5, 5.41) is 4.81. The van der Waals surface area contributed by atoms with Gasteiger partial charge in [0.05, 0.1) is 22.8 Å². The molecule has 0 unspecified atom stereocenters. The quantitative estimate of drug-likeness (QED) is 0.800. The number of halogens is 1. The third-order valence-corrected chi connectivity index (χ3v) is 3.98. The molecular weight excluding hydrogens is 272 g/mol. The molecular formula is C16H19ClN2O. The summed E-state index contributed by atoms with van der Waals surface area (Å²) in [5.74, 6) is 0.526. The molecule has 0 aliphatic rings. The molecule has 1 aromatic carbocycles. The predicted molar refractivity (Wildman–Crippen MR) is 81.5 cm³/mol. The van der Waals surface area contributed by atoms with Crippen LogP contribution < -0.4 is 0 Å². The van der Waals surface area contributed by atoms with Gasteiger partial charge < -0.3 is 0 Å². The van der Waals surface area contributed by atoms with Crippen molar-refractivity contribution in [1.29, 1.82) is 0 Å². The standard InChI is InChI=1S/C16H19ClN2O/c1-10(2)12-5-7-13(8-6-12)15(20)9-14-16(17)11(3)18-19(14)4/h5-8,10H,9H2,1-4H3. The van der Waals surface area contributed by atoms with Crippen LogP contribution in [0.5, 0.6) is 0 Å². The molecule has 0 N–H and O–H groups in total. The van der Waals surface area contributed by atoms with Crippen LogP contribution in [0.1, 0.15) is 47.1 Å². The van der Waals surface area contributed by atoms with Crippen LogP contribution in [-0.4, -0.2) is 15.6 Å². The van der Waals surface area contributed by atoms with E-state index in [1.54, 1.807) is 4.68 Å². The summed E-state index contributed by atoms with van der Waals surface area (Å²) >= 11 is 6.18. The summed E-state index contributed by atoms with van der Waals surface area (Å²) in [6.45, 7) is 6.11. The average Bonchev–Trinajstić information content (AvgIpc) is 2.65. The fourth-order valence-electron chi connectivity index (χ4n) is 2.18. The Morgan fingerprint density at radius 2 is 1.90 bits per heavy atom. The van der Waals surface area contributed by atoms with Crippen molar-refractivity contribution in [3.8, 4) is 0 Å². The van der Waals surface area contributed by atoms with Gasteiger partial charge in [-0.2, -0.15) is 5.10 Å². The van der Waals surface area contributed by atoms with E-state index < -0.39 is 0 Å². The lowest BCUT2D eigenvalue weighted by molar-refractivity contribution is 0.0990. The largest absolute Gasteiger partial charge is 0.294 e. The van der Waals surface area contributed by atoms with Crippen LogP contribution in [0.3, 0.4) is 0 Å². The second-order valence-electron chi connectivity index (χ2n) is 5.35. The van der Waals surface area contributed by atoms with Gasteiger partial charge in [-0.3, -0.25) is 9.48 Å². The number of benzene rings is 1. The normalized spacial score (nSPS) is 11.1. The van der Waals surface area contributed by atoms with Crippen LogP contribution in [0.25, 0.3) is 0 Å². The van der Waals surface area contributed by atoms with Crippen LogP contribution in [0, 0.1) is 6.92 Å². The molecule has 0 aliphatic carbocycles. The van der Waals surface area contributed by atoms with Gasteiger partial charge in [-0.1, -0.05) is 49.7 Å². The first-order chi connectivity index (χ1) is 9.40. The molecule has 0 atom stereocenters. The van der Waals surface area contributed by atoms with Crippen LogP contribution in [0.4, 0.5) is 0 Å². The molecule has 1 aromatic heterocycles. The zero-order chi connectivity index (χ0) is 14.9. The lowest BCUT2D eigenvalue weighted by atomic mass is 9.99. The van der Waals surface area contributed by atoms with Gasteiger partial charge in [-0.05, 0) is 18.4 Å². The van der Waals surface area contributed by atoms with Crippen molar-refractivity contribution in [2.45, 2.75) is 33.1 Å². The van der Waals surface area contributed by atoms with E-state index in [-0.39, 0.29) is 12.2 Å². The smallest absolute Gasteiger partial charge is 0.168 e. The molecule has 0 fully saturated rings. The molecule has 2 rings (SSSR count). The highest BCUT2D eigenvalue weighted by Crippen LogP contribution is 2.21. The summed E-state index contributed by atoms with van der Waals surface area (Å²) in [4.78, 5) is 12.3. The average molecular weight is 291 g/mol. The number of ketones is 1. The topological polar surface area (TPSA) is 34.9 Å². The highest BCUT2D eigenvalue weighted by atomic mass is 35.5. The van der Waals surface area contributed by atoms with Crippen molar-refractivity contribution in [3.05, 3.63) is 51.8 Å². The predicted octanol–water partition coefficient (Wildman–Crippen LogP) is 3.93. The van der Waals surface area contributed by atoms with Crippen molar-refractivity contribution < 1.29 is 4.79 Å². The van der Waals surface area contributed by atoms with Crippen molar-refractivity contribution in [1.82, 2.24) is 9.78 Å². The highest BCUT2D eigenvalue weighted by molar-refractivity contribution is 6.32. The SMILES string of the molecule is Cc1nn(C)c(CC(=O)c2ccc(C(C)C)cc2)c1Cl. The van der Waals surface area contributed by atoms with Gasteiger partial charge in [-0.15, -0.1) is 0 Å². The van der Waals surface area contributed by atoms with E-state index in [4.69, 9.17) is 11.6 Å². The molecule has 20 heavy (non-hydrogen) atoms. The molecule has 3 nitrogen and oxygen atoms in total. The molecule has 0 amide bonds. The minimum absolute atomic E-state index is 0.0604. The van der Waals surface area contributed by atoms with Crippen molar-refractivity contribution in [3.63, 3.8) is 0 Å².